The summed E-state index contributed by atoms with van der Waals surface area (Å²) in [4.78, 5) is 12.3. The molecule has 0 aliphatic carbocycles. The summed E-state index contributed by atoms with van der Waals surface area (Å²) in [5.74, 6) is -0.905. The summed E-state index contributed by atoms with van der Waals surface area (Å²) in [7, 11) is -2.35. The lowest BCUT2D eigenvalue weighted by atomic mass is 9.99. The van der Waals surface area contributed by atoms with Crippen LogP contribution in [0.1, 0.15) is 29.9 Å². The van der Waals surface area contributed by atoms with Gasteiger partial charge >= 0.3 is 5.97 Å². The Hall–Kier alpha value is -2.56. The van der Waals surface area contributed by atoms with Crippen LogP contribution in [0.15, 0.2) is 64.9 Å². The highest BCUT2D eigenvalue weighted by atomic mass is 32.2. The van der Waals surface area contributed by atoms with E-state index in [1.54, 1.807) is 53.8 Å². The van der Waals surface area contributed by atoms with Crippen LogP contribution in [0, 0.1) is 6.92 Å². The summed E-state index contributed by atoms with van der Waals surface area (Å²) in [5.41, 5.74) is 3.16. The standard InChI is InChI=1S/C27H34N2O5S2/c1-19-12-24(35-18-19)15-27(2,3)28-16-23(30)17-29(4)36(33,34)25-7-5-6-22(14-25)21-10-8-20(9-11-21)13-26(31)32/h5-12,14,18,23,28,30H,13,15-17H2,1-4H3,(H,31,32). The number of likely N-dealkylation sites (N-methyl/N-ethyl adjacent to an activating group) is 1. The summed E-state index contributed by atoms with van der Waals surface area (Å²) < 4.78 is 27.6. The molecule has 9 heteroatoms. The number of benzene rings is 2. The highest BCUT2D eigenvalue weighted by Gasteiger charge is 2.25. The van der Waals surface area contributed by atoms with Crippen LogP contribution >= 0.6 is 11.3 Å². The van der Waals surface area contributed by atoms with Gasteiger partial charge in [0.2, 0.25) is 10.0 Å². The Morgan fingerprint density at radius 2 is 1.81 bits per heavy atom. The van der Waals surface area contributed by atoms with Crippen LogP contribution in [0.5, 0.6) is 0 Å². The van der Waals surface area contributed by atoms with Gasteiger partial charge < -0.3 is 15.5 Å². The van der Waals surface area contributed by atoms with Gasteiger partial charge in [-0.3, -0.25) is 4.79 Å². The van der Waals surface area contributed by atoms with Gasteiger partial charge in [0, 0.05) is 30.6 Å². The fourth-order valence-electron chi connectivity index (χ4n) is 3.94. The van der Waals surface area contributed by atoms with Gasteiger partial charge in [-0.2, -0.15) is 4.31 Å². The van der Waals surface area contributed by atoms with Gasteiger partial charge in [-0.25, -0.2) is 8.42 Å². The van der Waals surface area contributed by atoms with Gasteiger partial charge in [0.25, 0.3) is 0 Å². The van der Waals surface area contributed by atoms with E-state index >= 15 is 0 Å². The average molecular weight is 531 g/mol. The molecular weight excluding hydrogens is 496 g/mol. The van der Waals surface area contributed by atoms with Crippen LogP contribution < -0.4 is 5.32 Å². The molecule has 0 aliphatic rings. The summed E-state index contributed by atoms with van der Waals surface area (Å²) in [6.07, 6.45) is -0.128. The Labute approximate surface area is 217 Å². The number of aryl methyl sites for hydroxylation is 1. The minimum absolute atomic E-state index is 0.0440. The SMILES string of the molecule is Cc1csc(CC(C)(C)NCC(O)CN(C)S(=O)(=O)c2cccc(-c3ccc(CC(=O)O)cc3)c2)c1. The van der Waals surface area contributed by atoms with Crippen LogP contribution in [-0.2, 0) is 27.7 Å². The predicted octanol–water partition coefficient (Wildman–Crippen LogP) is 3.94. The molecule has 7 nitrogen and oxygen atoms in total. The topological polar surface area (TPSA) is 107 Å². The van der Waals surface area contributed by atoms with Crippen LogP contribution in [0.4, 0.5) is 0 Å². The van der Waals surface area contributed by atoms with Crippen LogP contribution in [0.25, 0.3) is 11.1 Å². The van der Waals surface area contributed by atoms with Gasteiger partial charge in [-0.1, -0.05) is 36.4 Å². The largest absolute Gasteiger partial charge is 0.481 e. The number of rotatable bonds is 12. The number of nitrogens with one attached hydrogen (secondary N) is 1. The number of aliphatic carboxylic acids is 1. The van der Waals surface area contributed by atoms with Crippen molar-refractivity contribution in [3.05, 3.63) is 76.0 Å². The van der Waals surface area contributed by atoms with Crippen LogP contribution in [0.2, 0.25) is 0 Å². The van der Waals surface area contributed by atoms with Gasteiger partial charge in [0.15, 0.2) is 0 Å². The molecule has 36 heavy (non-hydrogen) atoms. The second-order valence-corrected chi connectivity index (χ2v) is 12.8. The van der Waals surface area contributed by atoms with Gasteiger partial charge in [0.1, 0.15) is 0 Å². The fraction of sp³-hybridized carbons (Fsp3) is 0.370. The lowest BCUT2D eigenvalue weighted by molar-refractivity contribution is -0.136. The van der Waals surface area contributed by atoms with Crippen molar-refractivity contribution in [3.63, 3.8) is 0 Å². The van der Waals surface area contributed by atoms with E-state index in [4.69, 9.17) is 5.11 Å². The molecular formula is C27H34N2O5S2. The molecule has 0 spiro atoms. The van der Waals surface area contributed by atoms with E-state index in [2.05, 4.69) is 37.5 Å². The van der Waals surface area contributed by atoms with E-state index in [1.165, 1.54) is 27.9 Å². The smallest absolute Gasteiger partial charge is 0.307 e. The van der Waals surface area contributed by atoms with Crippen LogP contribution in [0.3, 0.4) is 0 Å². The number of aliphatic hydroxyl groups excluding tert-OH is 1. The third kappa shape index (κ3) is 7.72. The Balaban J connectivity index is 1.63. The third-order valence-corrected chi connectivity index (χ3v) is 8.74. The fourth-order valence-corrected chi connectivity index (χ4v) is 6.30. The Bertz CT molecular complexity index is 1280. The zero-order valence-electron chi connectivity index (χ0n) is 21.1. The van der Waals surface area contributed by atoms with E-state index in [1.807, 2.05) is 0 Å². The van der Waals surface area contributed by atoms with Crippen LogP contribution in [-0.4, -0.2) is 60.7 Å². The van der Waals surface area contributed by atoms with Crippen molar-refractivity contribution in [1.82, 2.24) is 9.62 Å². The number of carboxylic acids is 1. The molecule has 1 unspecified atom stereocenters. The second kappa shape index (κ2) is 11.7. The zero-order valence-corrected chi connectivity index (χ0v) is 22.7. The molecule has 0 saturated heterocycles. The summed E-state index contributed by atoms with van der Waals surface area (Å²) >= 11 is 1.71. The first-order chi connectivity index (χ1) is 16.9. The minimum Gasteiger partial charge on any atom is -0.481 e. The highest BCUT2D eigenvalue weighted by Crippen LogP contribution is 2.25. The molecule has 0 bridgehead atoms. The number of sulfonamides is 1. The van der Waals surface area contributed by atoms with E-state index in [0.717, 1.165) is 12.0 Å². The molecule has 1 atom stereocenters. The first kappa shape index (κ1) is 28.0. The van der Waals surface area contributed by atoms with E-state index in [9.17, 15) is 18.3 Å². The van der Waals surface area contributed by atoms with Crippen molar-refractivity contribution >= 4 is 27.3 Å². The molecule has 3 rings (SSSR count). The Morgan fingerprint density at radius 3 is 2.42 bits per heavy atom. The predicted molar refractivity (Wildman–Crippen MR) is 144 cm³/mol. The maximum Gasteiger partial charge on any atom is 0.307 e. The molecule has 0 saturated carbocycles. The number of carboxylic acid groups (broad SMARTS) is 1. The van der Waals surface area contributed by atoms with Gasteiger partial charge in [0.05, 0.1) is 17.4 Å². The molecule has 1 heterocycles. The summed E-state index contributed by atoms with van der Waals surface area (Å²) in [6, 6.07) is 15.8. The lowest BCUT2D eigenvalue weighted by Gasteiger charge is -2.28. The maximum atomic E-state index is 13.2. The molecule has 0 aliphatic heterocycles. The Kier molecular flexibility index (Phi) is 9.08. The second-order valence-electron chi connectivity index (χ2n) is 9.77. The monoisotopic (exact) mass is 530 g/mol. The van der Waals surface area contributed by atoms with Crippen molar-refractivity contribution in [2.24, 2.45) is 0 Å². The quantitative estimate of drug-likeness (QED) is 0.327. The van der Waals surface area contributed by atoms with Crippen molar-refractivity contribution < 1.29 is 23.4 Å². The molecule has 3 N–H and O–H groups in total. The molecule has 0 radical (unpaired) electrons. The number of hydrogen-bond donors (Lipinski definition) is 3. The molecule has 2 aromatic carbocycles. The van der Waals surface area contributed by atoms with Gasteiger partial charge in [-0.15, -0.1) is 11.3 Å². The van der Waals surface area contributed by atoms with Crippen molar-refractivity contribution in [2.45, 2.75) is 50.2 Å². The van der Waals surface area contributed by atoms with E-state index in [-0.39, 0.29) is 29.9 Å². The lowest BCUT2D eigenvalue weighted by Crippen LogP contribution is -2.47. The van der Waals surface area contributed by atoms with Crippen molar-refractivity contribution in [2.75, 3.05) is 20.1 Å². The molecule has 0 fully saturated rings. The maximum absolute atomic E-state index is 13.2. The van der Waals surface area contributed by atoms with E-state index < -0.39 is 22.1 Å². The number of nitrogens with zero attached hydrogens (tertiary/aromatic N) is 1. The number of thiophene rings is 1. The summed E-state index contributed by atoms with van der Waals surface area (Å²) in [6.45, 7) is 6.41. The van der Waals surface area contributed by atoms with Gasteiger partial charge in [-0.05, 0) is 73.0 Å². The Morgan fingerprint density at radius 1 is 1.11 bits per heavy atom. The van der Waals surface area contributed by atoms with Crippen molar-refractivity contribution in [3.8, 4) is 11.1 Å². The summed E-state index contributed by atoms with van der Waals surface area (Å²) in [5, 5.41) is 25.0. The number of β-amino-alcohol motifs (C(OH)–C–C–N with tert-alkyl or cyclic N) is 1. The first-order valence-corrected chi connectivity index (χ1v) is 14.0. The third-order valence-electron chi connectivity index (χ3n) is 5.87. The zero-order chi connectivity index (χ0) is 26.5. The average Bonchev–Trinajstić information content (AvgIpc) is 3.21. The number of carbonyl (C=O) groups is 1. The van der Waals surface area contributed by atoms with E-state index in [0.29, 0.717) is 11.1 Å². The number of hydrogen-bond acceptors (Lipinski definition) is 6. The minimum atomic E-state index is -3.82. The molecule has 194 valence electrons. The highest BCUT2D eigenvalue weighted by molar-refractivity contribution is 7.89. The molecule has 1 aromatic heterocycles. The molecule has 3 aromatic rings. The first-order valence-electron chi connectivity index (χ1n) is 11.7. The van der Waals surface area contributed by atoms with Crippen molar-refractivity contribution in [1.29, 1.82) is 0 Å². The molecule has 0 amide bonds. The number of aliphatic hydroxyl groups is 1. The normalized spacial score (nSPS) is 13.2.